The first-order chi connectivity index (χ1) is 8.59. The van der Waals surface area contributed by atoms with E-state index in [1.807, 2.05) is 0 Å². The largest absolute Gasteiger partial charge is 0.315 e. The van der Waals surface area contributed by atoms with Crippen LogP contribution < -0.4 is 5.32 Å². The zero-order valence-electron chi connectivity index (χ0n) is 8.88. The Hall–Kier alpha value is -2.41. The van der Waals surface area contributed by atoms with E-state index < -0.39 is 10.8 Å². The minimum atomic E-state index is -0.591. The first kappa shape index (κ1) is 12.1. The molecule has 1 aromatic carbocycles. The predicted molar refractivity (Wildman–Crippen MR) is 64.6 cm³/mol. The van der Waals surface area contributed by atoms with Gasteiger partial charge in [-0.25, -0.2) is 0 Å². The first-order valence-corrected chi connectivity index (χ1v) is 5.21. The number of benzene rings is 1. The number of amides is 1. The van der Waals surface area contributed by atoms with Crippen LogP contribution in [0.1, 0.15) is 10.5 Å². The average Bonchev–Trinajstić information content (AvgIpc) is 2.76. The normalized spacial score (nSPS) is 10.1. The standard InChI is InChI=1S/C10H7ClN4O3/c11-6-5-12-14-9(6)10(16)13-7-3-1-2-4-8(7)15(17)18/h1-5H,(H,12,14)(H,13,16). The van der Waals surface area contributed by atoms with Crippen molar-refractivity contribution in [3.8, 4) is 0 Å². The maximum Gasteiger partial charge on any atom is 0.292 e. The van der Waals surface area contributed by atoms with Crippen LogP contribution in [0.3, 0.4) is 0 Å². The number of aromatic amines is 1. The molecule has 1 heterocycles. The van der Waals surface area contributed by atoms with E-state index in [1.54, 1.807) is 6.07 Å². The Labute approximate surface area is 106 Å². The van der Waals surface area contributed by atoms with E-state index in [-0.39, 0.29) is 22.1 Å². The fourth-order valence-electron chi connectivity index (χ4n) is 1.35. The molecule has 0 spiro atoms. The summed E-state index contributed by atoms with van der Waals surface area (Å²) in [5.41, 5.74) is -0.0468. The molecule has 0 fully saturated rings. The Balaban J connectivity index is 2.28. The Morgan fingerprint density at radius 1 is 1.44 bits per heavy atom. The molecule has 1 aromatic heterocycles. The van der Waals surface area contributed by atoms with Gasteiger partial charge in [-0.15, -0.1) is 0 Å². The molecule has 2 aromatic rings. The molecule has 0 saturated carbocycles. The van der Waals surface area contributed by atoms with Crippen LogP contribution in [0.2, 0.25) is 5.02 Å². The van der Waals surface area contributed by atoms with Crippen molar-refractivity contribution >= 4 is 28.9 Å². The van der Waals surface area contributed by atoms with Crippen molar-refractivity contribution in [2.45, 2.75) is 0 Å². The van der Waals surface area contributed by atoms with Crippen LogP contribution in [-0.4, -0.2) is 21.0 Å². The molecule has 0 bridgehead atoms. The second kappa shape index (κ2) is 4.84. The van der Waals surface area contributed by atoms with Gasteiger partial charge in [-0.2, -0.15) is 5.10 Å². The van der Waals surface area contributed by atoms with E-state index >= 15 is 0 Å². The highest BCUT2D eigenvalue weighted by atomic mass is 35.5. The van der Waals surface area contributed by atoms with Crippen LogP contribution in [0, 0.1) is 10.1 Å². The summed E-state index contributed by atoms with van der Waals surface area (Å²) < 4.78 is 0. The van der Waals surface area contributed by atoms with Gasteiger partial charge < -0.3 is 5.32 Å². The molecule has 0 aliphatic carbocycles. The lowest BCUT2D eigenvalue weighted by Gasteiger charge is -2.04. The summed E-state index contributed by atoms with van der Waals surface area (Å²) in [6.45, 7) is 0. The van der Waals surface area contributed by atoms with Crippen molar-refractivity contribution in [2.75, 3.05) is 5.32 Å². The number of carbonyl (C=O) groups is 1. The summed E-state index contributed by atoms with van der Waals surface area (Å²) in [5.74, 6) is -0.591. The molecule has 0 aliphatic heterocycles. The predicted octanol–water partition coefficient (Wildman–Crippen LogP) is 2.22. The minimum Gasteiger partial charge on any atom is -0.315 e. The van der Waals surface area contributed by atoms with Gasteiger partial charge in [0, 0.05) is 6.07 Å². The molecule has 18 heavy (non-hydrogen) atoms. The van der Waals surface area contributed by atoms with Crippen LogP contribution in [0.25, 0.3) is 0 Å². The average molecular weight is 267 g/mol. The molecule has 0 aliphatic rings. The molecule has 0 unspecified atom stereocenters. The number of nitrogens with zero attached hydrogens (tertiary/aromatic N) is 2. The van der Waals surface area contributed by atoms with E-state index in [0.717, 1.165) is 0 Å². The molecule has 8 heteroatoms. The number of H-pyrrole nitrogens is 1. The third-order valence-electron chi connectivity index (χ3n) is 2.17. The van der Waals surface area contributed by atoms with Crippen LogP contribution in [0.15, 0.2) is 30.5 Å². The molecule has 0 radical (unpaired) electrons. The van der Waals surface area contributed by atoms with Crippen LogP contribution in [-0.2, 0) is 0 Å². The van der Waals surface area contributed by atoms with Gasteiger partial charge in [0.2, 0.25) is 0 Å². The van der Waals surface area contributed by atoms with Crippen molar-refractivity contribution in [3.63, 3.8) is 0 Å². The number of rotatable bonds is 3. The SMILES string of the molecule is O=C(Nc1ccccc1[N+](=O)[O-])c1[nH]ncc1Cl. The number of hydrogen-bond donors (Lipinski definition) is 2. The maximum atomic E-state index is 11.8. The van der Waals surface area contributed by atoms with Crippen molar-refractivity contribution in [2.24, 2.45) is 0 Å². The second-order valence-electron chi connectivity index (χ2n) is 3.32. The van der Waals surface area contributed by atoms with E-state index in [9.17, 15) is 14.9 Å². The Morgan fingerprint density at radius 2 is 2.17 bits per heavy atom. The summed E-state index contributed by atoms with van der Waals surface area (Å²) in [7, 11) is 0. The molecule has 2 N–H and O–H groups in total. The van der Waals surface area contributed by atoms with Crippen LogP contribution in [0.4, 0.5) is 11.4 Å². The number of nitro groups is 1. The molecule has 92 valence electrons. The number of para-hydroxylation sites is 2. The summed E-state index contributed by atoms with van der Waals surface area (Å²) in [5, 5.41) is 19.3. The molecule has 2 rings (SSSR count). The zero-order valence-corrected chi connectivity index (χ0v) is 9.64. The Bertz CT molecular complexity index is 611. The third kappa shape index (κ3) is 2.30. The highest BCUT2D eigenvalue weighted by molar-refractivity contribution is 6.34. The first-order valence-electron chi connectivity index (χ1n) is 4.83. The fraction of sp³-hybridized carbons (Fsp3) is 0. The monoisotopic (exact) mass is 266 g/mol. The summed E-state index contributed by atoms with van der Waals surface area (Å²) >= 11 is 5.71. The van der Waals surface area contributed by atoms with Crippen LogP contribution in [0.5, 0.6) is 0 Å². The number of carbonyl (C=O) groups excluding carboxylic acids is 1. The minimum absolute atomic E-state index is 0.0508. The van der Waals surface area contributed by atoms with Gasteiger partial charge in [0.15, 0.2) is 0 Å². The molecular formula is C10H7ClN4O3. The Kier molecular flexibility index (Phi) is 3.24. The van der Waals surface area contributed by atoms with Gasteiger partial charge in [-0.05, 0) is 6.07 Å². The van der Waals surface area contributed by atoms with Gasteiger partial charge in [0.05, 0.1) is 16.1 Å². The summed E-state index contributed by atoms with van der Waals surface area (Å²) in [4.78, 5) is 22.0. The summed E-state index contributed by atoms with van der Waals surface area (Å²) in [6, 6.07) is 5.82. The van der Waals surface area contributed by atoms with Gasteiger partial charge in [-0.1, -0.05) is 23.7 Å². The maximum absolute atomic E-state index is 11.8. The van der Waals surface area contributed by atoms with Crippen molar-refractivity contribution in [1.82, 2.24) is 10.2 Å². The Morgan fingerprint density at radius 3 is 2.78 bits per heavy atom. The van der Waals surface area contributed by atoms with Gasteiger partial charge >= 0.3 is 0 Å². The van der Waals surface area contributed by atoms with Gasteiger partial charge in [0.25, 0.3) is 11.6 Å². The quantitative estimate of drug-likeness (QED) is 0.657. The van der Waals surface area contributed by atoms with Gasteiger partial charge in [0.1, 0.15) is 11.4 Å². The molecule has 1 amide bonds. The molecular weight excluding hydrogens is 260 g/mol. The van der Waals surface area contributed by atoms with Crippen LogP contribution >= 0.6 is 11.6 Å². The fourth-order valence-corrected chi connectivity index (χ4v) is 1.53. The highest BCUT2D eigenvalue weighted by Gasteiger charge is 2.18. The number of aromatic nitrogens is 2. The smallest absolute Gasteiger partial charge is 0.292 e. The number of halogens is 1. The lowest BCUT2D eigenvalue weighted by atomic mass is 10.2. The molecule has 0 saturated heterocycles. The summed E-state index contributed by atoms with van der Waals surface area (Å²) in [6.07, 6.45) is 1.27. The van der Waals surface area contributed by atoms with E-state index in [2.05, 4.69) is 15.5 Å². The highest BCUT2D eigenvalue weighted by Crippen LogP contribution is 2.24. The van der Waals surface area contributed by atoms with Crippen molar-refractivity contribution < 1.29 is 9.72 Å². The second-order valence-corrected chi connectivity index (χ2v) is 3.73. The number of hydrogen-bond acceptors (Lipinski definition) is 4. The number of nitrogens with one attached hydrogen (secondary N) is 2. The van der Waals surface area contributed by atoms with E-state index in [1.165, 1.54) is 24.4 Å². The zero-order chi connectivity index (χ0) is 13.1. The van der Waals surface area contributed by atoms with Crippen molar-refractivity contribution in [3.05, 3.63) is 51.3 Å². The molecule has 7 nitrogen and oxygen atoms in total. The van der Waals surface area contributed by atoms with E-state index in [4.69, 9.17) is 11.6 Å². The lowest BCUT2D eigenvalue weighted by Crippen LogP contribution is -2.14. The third-order valence-corrected chi connectivity index (χ3v) is 2.46. The lowest BCUT2D eigenvalue weighted by molar-refractivity contribution is -0.383. The van der Waals surface area contributed by atoms with Gasteiger partial charge in [-0.3, -0.25) is 20.0 Å². The van der Waals surface area contributed by atoms with E-state index in [0.29, 0.717) is 0 Å². The number of anilines is 1. The number of nitro benzene ring substituents is 1. The topological polar surface area (TPSA) is 101 Å². The van der Waals surface area contributed by atoms with Crippen molar-refractivity contribution in [1.29, 1.82) is 0 Å². The molecule has 0 atom stereocenters.